The van der Waals surface area contributed by atoms with Crippen LogP contribution in [0.3, 0.4) is 0 Å². The van der Waals surface area contributed by atoms with Gasteiger partial charge in [0.1, 0.15) is 0 Å². The summed E-state index contributed by atoms with van der Waals surface area (Å²) in [7, 11) is 0. The summed E-state index contributed by atoms with van der Waals surface area (Å²) in [4.78, 5) is 14.6. The Morgan fingerprint density at radius 3 is 2.43 bits per heavy atom. The van der Waals surface area contributed by atoms with Crippen molar-refractivity contribution in [2.45, 2.75) is 57.2 Å². The van der Waals surface area contributed by atoms with Crippen LogP contribution in [0.4, 0.5) is 0 Å². The molecule has 3 fully saturated rings. The van der Waals surface area contributed by atoms with E-state index in [4.69, 9.17) is 4.74 Å². The molecule has 2 N–H and O–H groups in total. The van der Waals surface area contributed by atoms with Gasteiger partial charge in [-0.05, 0) is 38.5 Å². The molecule has 23 heavy (non-hydrogen) atoms. The highest BCUT2D eigenvalue weighted by Gasteiger charge is 2.34. The number of amides is 1. The summed E-state index contributed by atoms with van der Waals surface area (Å²) in [6, 6.07) is 1.75. The minimum Gasteiger partial charge on any atom is -0.379 e. The lowest BCUT2D eigenvalue weighted by atomic mass is 9.89. The number of hydrogen-bond acceptors (Lipinski definition) is 4. The number of nitrogens with zero attached hydrogens (tertiary/aromatic N) is 1. The van der Waals surface area contributed by atoms with Gasteiger partial charge in [-0.15, -0.1) is 24.8 Å². The van der Waals surface area contributed by atoms with Gasteiger partial charge in [0.2, 0.25) is 5.91 Å². The molecule has 3 atom stereocenters. The fourth-order valence-electron chi connectivity index (χ4n) is 4.09. The molecule has 2 bridgehead atoms. The molecule has 3 heterocycles. The molecule has 5 nitrogen and oxygen atoms in total. The van der Waals surface area contributed by atoms with Crippen molar-refractivity contribution in [1.29, 1.82) is 0 Å². The second-order valence-corrected chi connectivity index (χ2v) is 6.98. The number of rotatable bonds is 5. The lowest BCUT2D eigenvalue weighted by Gasteiger charge is -2.32. The molecule has 0 spiro atoms. The molecule has 136 valence electrons. The van der Waals surface area contributed by atoms with Crippen molar-refractivity contribution in [3.05, 3.63) is 0 Å². The maximum Gasteiger partial charge on any atom is 0.220 e. The van der Waals surface area contributed by atoms with Crippen molar-refractivity contribution in [1.82, 2.24) is 15.5 Å². The van der Waals surface area contributed by atoms with Gasteiger partial charge < -0.3 is 15.4 Å². The first-order chi connectivity index (χ1) is 10.2. The van der Waals surface area contributed by atoms with E-state index in [1.54, 1.807) is 0 Å². The number of fused-ring (bicyclic) bond motifs is 2. The fraction of sp³-hybridized carbons (Fsp3) is 0.938. The summed E-state index contributed by atoms with van der Waals surface area (Å²) in [5.41, 5.74) is 0. The van der Waals surface area contributed by atoms with E-state index in [9.17, 15) is 4.79 Å². The molecule has 0 aromatic carbocycles. The summed E-state index contributed by atoms with van der Waals surface area (Å²) in [5, 5.41) is 6.77. The number of piperidine rings is 1. The zero-order valence-corrected chi connectivity index (χ0v) is 15.6. The summed E-state index contributed by atoms with van der Waals surface area (Å²) < 4.78 is 5.37. The Kier molecular flexibility index (Phi) is 9.16. The lowest BCUT2D eigenvalue weighted by Crippen LogP contribution is -2.47. The average molecular weight is 368 g/mol. The largest absolute Gasteiger partial charge is 0.379 e. The molecule has 3 saturated heterocycles. The van der Waals surface area contributed by atoms with Crippen molar-refractivity contribution >= 4 is 30.7 Å². The van der Waals surface area contributed by atoms with E-state index in [0.29, 0.717) is 30.5 Å². The maximum atomic E-state index is 12.2. The molecule has 3 rings (SSSR count). The van der Waals surface area contributed by atoms with Crippen LogP contribution in [0.2, 0.25) is 0 Å². The SMILES string of the molecule is CC(CNC(=O)CC1CC2CCC(C1)N2)N1CCOCC1.Cl.Cl. The number of carbonyl (C=O) groups excluding carboxylic acids is 1. The van der Waals surface area contributed by atoms with Gasteiger partial charge in [0.25, 0.3) is 0 Å². The van der Waals surface area contributed by atoms with Gasteiger partial charge in [0, 0.05) is 44.2 Å². The first-order valence-corrected chi connectivity index (χ1v) is 8.55. The van der Waals surface area contributed by atoms with Crippen LogP contribution in [0.25, 0.3) is 0 Å². The molecule has 0 aromatic rings. The van der Waals surface area contributed by atoms with Crippen LogP contribution in [-0.2, 0) is 9.53 Å². The molecular formula is C16H31Cl2N3O2. The standard InChI is InChI=1S/C16H29N3O2.2ClH/c1-12(19-4-6-21-7-5-19)11-17-16(20)10-13-8-14-2-3-15(9-13)18-14;;/h12-15,18H,2-11H2,1H3,(H,17,20);2*1H. The third-order valence-electron chi connectivity index (χ3n) is 5.31. The van der Waals surface area contributed by atoms with Crippen LogP contribution < -0.4 is 10.6 Å². The molecule has 0 aliphatic carbocycles. The Labute approximate surface area is 152 Å². The van der Waals surface area contributed by atoms with Gasteiger partial charge in [-0.2, -0.15) is 0 Å². The van der Waals surface area contributed by atoms with Crippen molar-refractivity contribution in [3.8, 4) is 0 Å². The molecule has 0 aromatic heterocycles. The molecule has 1 amide bonds. The van der Waals surface area contributed by atoms with E-state index in [2.05, 4.69) is 22.5 Å². The number of ether oxygens (including phenoxy) is 1. The van der Waals surface area contributed by atoms with Gasteiger partial charge in [-0.3, -0.25) is 9.69 Å². The van der Waals surface area contributed by atoms with E-state index in [-0.39, 0.29) is 30.7 Å². The Bertz CT molecular complexity index is 355. The number of hydrogen-bond donors (Lipinski definition) is 2. The number of carbonyl (C=O) groups is 1. The van der Waals surface area contributed by atoms with E-state index < -0.39 is 0 Å². The highest BCUT2D eigenvalue weighted by molar-refractivity contribution is 5.85. The highest BCUT2D eigenvalue weighted by atomic mass is 35.5. The van der Waals surface area contributed by atoms with Crippen molar-refractivity contribution in [2.24, 2.45) is 5.92 Å². The predicted molar refractivity (Wildman–Crippen MR) is 96.6 cm³/mol. The molecule has 7 heteroatoms. The number of morpholine rings is 1. The Morgan fingerprint density at radius 2 is 1.83 bits per heavy atom. The topological polar surface area (TPSA) is 53.6 Å². The van der Waals surface area contributed by atoms with Crippen LogP contribution in [0, 0.1) is 5.92 Å². The van der Waals surface area contributed by atoms with Gasteiger partial charge in [0.15, 0.2) is 0 Å². The van der Waals surface area contributed by atoms with E-state index in [1.807, 2.05) is 0 Å². The van der Waals surface area contributed by atoms with Crippen molar-refractivity contribution in [3.63, 3.8) is 0 Å². The van der Waals surface area contributed by atoms with Crippen molar-refractivity contribution in [2.75, 3.05) is 32.8 Å². The molecular weight excluding hydrogens is 337 g/mol. The van der Waals surface area contributed by atoms with Gasteiger partial charge in [-0.1, -0.05) is 0 Å². The van der Waals surface area contributed by atoms with E-state index >= 15 is 0 Å². The van der Waals surface area contributed by atoms with Crippen LogP contribution in [-0.4, -0.2) is 61.8 Å². The molecule has 3 aliphatic rings. The molecule has 3 unspecified atom stereocenters. The monoisotopic (exact) mass is 367 g/mol. The highest BCUT2D eigenvalue weighted by Crippen LogP contribution is 2.32. The second kappa shape index (κ2) is 10.0. The third-order valence-corrected chi connectivity index (χ3v) is 5.31. The minimum absolute atomic E-state index is 0. The van der Waals surface area contributed by atoms with E-state index in [0.717, 1.165) is 32.8 Å². The zero-order chi connectivity index (χ0) is 14.7. The van der Waals surface area contributed by atoms with Crippen LogP contribution in [0.1, 0.15) is 39.0 Å². The average Bonchev–Trinajstić information content (AvgIpc) is 2.84. The lowest BCUT2D eigenvalue weighted by molar-refractivity contribution is -0.122. The van der Waals surface area contributed by atoms with Gasteiger partial charge in [0.05, 0.1) is 13.2 Å². The fourth-order valence-corrected chi connectivity index (χ4v) is 4.09. The maximum absolute atomic E-state index is 12.2. The quantitative estimate of drug-likeness (QED) is 0.774. The van der Waals surface area contributed by atoms with Gasteiger partial charge >= 0.3 is 0 Å². The first kappa shape index (κ1) is 21.0. The van der Waals surface area contributed by atoms with Crippen LogP contribution >= 0.6 is 24.8 Å². The van der Waals surface area contributed by atoms with E-state index in [1.165, 1.54) is 25.7 Å². The number of nitrogens with one attached hydrogen (secondary N) is 2. The molecule has 3 aliphatic heterocycles. The second-order valence-electron chi connectivity index (χ2n) is 6.98. The summed E-state index contributed by atoms with van der Waals surface area (Å²) in [5.74, 6) is 0.823. The Balaban J connectivity index is 0.00000132. The summed E-state index contributed by atoms with van der Waals surface area (Å²) >= 11 is 0. The molecule has 0 radical (unpaired) electrons. The smallest absolute Gasteiger partial charge is 0.220 e. The van der Waals surface area contributed by atoms with Crippen LogP contribution in [0.15, 0.2) is 0 Å². The predicted octanol–water partition coefficient (Wildman–Crippen LogP) is 1.59. The Morgan fingerprint density at radius 1 is 1.22 bits per heavy atom. The van der Waals surface area contributed by atoms with Crippen molar-refractivity contribution < 1.29 is 9.53 Å². The Hall–Kier alpha value is -0.0700. The first-order valence-electron chi connectivity index (χ1n) is 8.55. The third kappa shape index (κ3) is 6.05. The zero-order valence-electron chi connectivity index (χ0n) is 14.0. The minimum atomic E-state index is 0. The molecule has 0 saturated carbocycles. The summed E-state index contributed by atoms with van der Waals surface area (Å²) in [6.45, 7) is 6.54. The summed E-state index contributed by atoms with van der Waals surface area (Å²) in [6.07, 6.45) is 5.68. The van der Waals surface area contributed by atoms with Gasteiger partial charge in [-0.25, -0.2) is 0 Å². The number of halogens is 2. The normalized spacial score (nSPS) is 31.6. The van der Waals surface area contributed by atoms with Crippen LogP contribution in [0.5, 0.6) is 0 Å².